The van der Waals surface area contributed by atoms with E-state index >= 15 is 0 Å². The predicted molar refractivity (Wildman–Crippen MR) is 124 cm³/mol. The SMILES string of the molecule is COc1ccc(-n2c(SCC(=O)Nc3ccc(Br)c(C)c3)nnc2-c2ccco2)cc1. The number of aryl methyl sites for hydroxylation is 1. The first-order valence-electron chi connectivity index (χ1n) is 9.37. The maximum atomic E-state index is 12.5. The van der Waals surface area contributed by atoms with E-state index < -0.39 is 0 Å². The van der Waals surface area contributed by atoms with Crippen molar-refractivity contribution in [1.82, 2.24) is 14.8 Å². The van der Waals surface area contributed by atoms with Crippen LogP contribution in [0.4, 0.5) is 5.69 Å². The molecule has 0 spiro atoms. The summed E-state index contributed by atoms with van der Waals surface area (Å²) in [5.74, 6) is 1.94. The molecule has 1 N–H and O–H groups in total. The van der Waals surface area contributed by atoms with Gasteiger partial charge in [-0.1, -0.05) is 27.7 Å². The Labute approximate surface area is 191 Å². The van der Waals surface area contributed by atoms with Crippen LogP contribution >= 0.6 is 27.7 Å². The molecule has 9 heteroatoms. The van der Waals surface area contributed by atoms with Gasteiger partial charge in [0.25, 0.3) is 0 Å². The summed E-state index contributed by atoms with van der Waals surface area (Å²) in [6, 6.07) is 16.8. The minimum atomic E-state index is -0.129. The molecule has 2 aromatic heterocycles. The number of amides is 1. The molecule has 0 unspecified atom stereocenters. The second-order valence-corrected chi connectivity index (χ2v) is 8.41. The predicted octanol–water partition coefficient (Wildman–Crippen LogP) is 5.34. The van der Waals surface area contributed by atoms with E-state index in [1.807, 2.05) is 60.0 Å². The lowest BCUT2D eigenvalue weighted by Crippen LogP contribution is -2.14. The van der Waals surface area contributed by atoms with Crippen molar-refractivity contribution in [2.45, 2.75) is 12.1 Å². The Balaban J connectivity index is 1.56. The molecule has 4 aromatic rings. The second kappa shape index (κ2) is 9.40. The summed E-state index contributed by atoms with van der Waals surface area (Å²) in [5.41, 5.74) is 2.63. The van der Waals surface area contributed by atoms with Crippen molar-refractivity contribution in [2.75, 3.05) is 18.2 Å². The number of nitrogens with one attached hydrogen (secondary N) is 1. The van der Waals surface area contributed by atoms with Gasteiger partial charge in [0, 0.05) is 10.2 Å². The molecule has 0 saturated carbocycles. The highest BCUT2D eigenvalue weighted by Crippen LogP contribution is 2.29. The van der Waals surface area contributed by atoms with Crippen molar-refractivity contribution in [3.8, 4) is 23.0 Å². The Morgan fingerprint density at radius 1 is 1.19 bits per heavy atom. The molecule has 0 aliphatic heterocycles. The lowest BCUT2D eigenvalue weighted by Gasteiger charge is -2.10. The van der Waals surface area contributed by atoms with Crippen LogP contribution in [0.2, 0.25) is 0 Å². The van der Waals surface area contributed by atoms with E-state index in [2.05, 4.69) is 31.4 Å². The fourth-order valence-electron chi connectivity index (χ4n) is 2.94. The van der Waals surface area contributed by atoms with Crippen LogP contribution in [0.15, 0.2) is 74.9 Å². The number of ether oxygens (including phenoxy) is 1. The van der Waals surface area contributed by atoms with Gasteiger partial charge in [0.05, 0.1) is 24.8 Å². The highest BCUT2D eigenvalue weighted by molar-refractivity contribution is 9.10. The molecule has 0 aliphatic rings. The van der Waals surface area contributed by atoms with Crippen LogP contribution in [0.5, 0.6) is 5.75 Å². The molecule has 1 amide bonds. The van der Waals surface area contributed by atoms with Gasteiger partial charge in [-0.2, -0.15) is 0 Å². The van der Waals surface area contributed by atoms with Crippen molar-refractivity contribution in [2.24, 2.45) is 0 Å². The minimum absolute atomic E-state index is 0.129. The molecule has 0 atom stereocenters. The van der Waals surface area contributed by atoms with E-state index in [0.717, 1.165) is 27.2 Å². The zero-order chi connectivity index (χ0) is 21.8. The molecule has 0 aliphatic carbocycles. The molecule has 0 bridgehead atoms. The number of aromatic nitrogens is 3. The average Bonchev–Trinajstić information content (AvgIpc) is 3.44. The number of benzene rings is 2. The third-order valence-corrected chi connectivity index (χ3v) is 6.30. The lowest BCUT2D eigenvalue weighted by molar-refractivity contribution is -0.113. The van der Waals surface area contributed by atoms with E-state index in [4.69, 9.17) is 9.15 Å². The summed E-state index contributed by atoms with van der Waals surface area (Å²) >= 11 is 4.76. The maximum absolute atomic E-state index is 12.5. The van der Waals surface area contributed by atoms with E-state index in [1.165, 1.54) is 11.8 Å². The lowest BCUT2D eigenvalue weighted by atomic mass is 10.2. The fraction of sp³-hybridized carbons (Fsp3) is 0.136. The first-order valence-corrected chi connectivity index (χ1v) is 11.2. The van der Waals surface area contributed by atoms with Gasteiger partial charge >= 0.3 is 0 Å². The smallest absolute Gasteiger partial charge is 0.234 e. The number of anilines is 1. The number of methoxy groups -OCH3 is 1. The number of rotatable bonds is 7. The summed E-state index contributed by atoms with van der Waals surface area (Å²) in [6.45, 7) is 1.97. The average molecular weight is 499 g/mol. The van der Waals surface area contributed by atoms with Gasteiger partial charge in [0.1, 0.15) is 5.75 Å². The standard InChI is InChI=1S/C22H19BrN4O3S/c1-14-12-15(5-10-18(14)23)24-20(28)13-31-22-26-25-21(19-4-3-11-30-19)27(22)16-6-8-17(29-2)9-7-16/h3-12H,13H2,1-2H3,(H,24,28). The topological polar surface area (TPSA) is 82.2 Å². The van der Waals surface area contributed by atoms with Crippen LogP contribution in [0, 0.1) is 6.92 Å². The monoisotopic (exact) mass is 498 g/mol. The number of hydrogen-bond donors (Lipinski definition) is 1. The van der Waals surface area contributed by atoms with Gasteiger partial charge in [-0.15, -0.1) is 10.2 Å². The van der Waals surface area contributed by atoms with Crippen LogP contribution in [-0.4, -0.2) is 33.5 Å². The highest BCUT2D eigenvalue weighted by atomic mass is 79.9. The molecular formula is C22H19BrN4O3S. The zero-order valence-electron chi connectivity index (χ0n) is 16.8. The van der Waals surface area contributed by atoms with Gasteiger partial charge in [0.2, 0.25) is 11.7 Å². The first kappa shape index (κ1) is 21.2. The molecule has 2 heterocycles. The summed E-state index contributed by atoms with van der Waals surface area (Å²) < 4.78 is 13.6. The molecular weight excluding hydrogens is 480 g/mol. The van der Waals surface area contributed by atoms with Crippen molar-refractivity contribution >= 4 is 39.3 Å². The number of thioether (sulfide) groups is 1. The number of furan rings is 1. The largest absolute Gasteiger partial charge is 0.497 e. The van der Waals surface area contributed by atoms with Crippen molar-refractivity contribution in [3.63, 3.8) is 0 Å². The molecule has 0 saturated heterocycles. The van der Waals surface area contributed by atoms with Gasteiger partial charge < -0.3 is 14.5 Å². The number of nitrogens with zero attached hydrogens (tertiary/aromatic N) is 3. The third-order valence-electron chi connectivity index (χ3n) is 4.48. The number of hydrogen-bond acceptors (Lipinski definition) is 6. The Morgan fingerprint density at radius 3 is 2.68 bits per heavy atom. The second-order valence-electron chi connectivity index (χ2n) is 6.62. The quantitative estimate of drug-likeness (QED) is 0.346. The Hall–Kier alpha value is -3.04. The van der Waals surface area contributed by atoms with Crippen molar-refractivity contribution < 1.29 is 13.9 Å². The maximum Gasteiger partial charge on any atom is 0.234 e. The molecule has 7 nitrogen and oxygen atoms in total. The number of carbonyl (C=O) groups is 1. The van der Waals surface area contributed by atoms with Gasteiger partial charge in [-0.05, 0) is 67.1 Å². The molecule has 4 rings (SSSR count). The number of carbonyl (C=O) groups excluding carboxylic acids is 1. The molecule has 0 fully saturated rings. The van der Waals surface area contributed by atoms with Crippen LogP contribution in [0.25, 0.3) is 17.3 Å². The van der Waals surface area contributed by atoms with E-state index in [-0.39, 0.29) is 11.7 Å². The summed E-state index contributed by atoms with van der Waals surface area (Å²) in [6.07, 6.45) is 1.59. The Kier molecular flexibility index (Phi) is 6.43. The van der Waals surface area contributed by atoms with Crippen LogP contribution in [-0.2, 0) is 4.79 Å². The van der Waals surface area contributed by atoms with E-state index in [1.54, 1.807) is 19.4 Å². The van der Waals surface area contributed by atoms with Crippen LogP contribution in [0.1, 0.15) is 5.56 Å². The third kappa shape index (κ3) is 4.83. The summed E-state index contributed by atoms with van der Waals surface area (Å²) in [5, 5.41) is 12.1. The molecule has 2 aromatic carbocycles. The summed E-state index contributed by atoms with van der Waals surface area (Å²) in [7, 11) is 1.62. The van der Waals surface area contributed by atoms with Gasteiger partial charge in [-0.25, -0.2) is 0 Å². The minimum Gasteiger partial charge on any atom is -0.497 e. The van der Waals surface area contributed by atoms with E-state index in [9.17, 15) is 4.79 Å². The summed E-state index contributed by atoms with van der Waals surface area (Å²) in [4.78, 5) is 12.5. The highest BCUT2D eigenvalue weighted by Gasteiger charge is 2.19. The van der Waals surface area contributed by atoms with Gasteiger partial charge in [-0.3, -0.25) is 9.36 Å². The van der Waals surface area contributed by atoms with Crippen molar-refractivity contribution in [1.29, 1.82) is 0 Å². The Bertz CT molecular complexity index is 1190. The van der Waals surface area contributed by atoms with E-state index in [0.29, 0.717) is 16.7 Å². The van der Waals surface area contributed by atoms with Crippen molar-refractivity contribution in [3.05, 3.63) is 70.9 Å². The molecule has 0 radical (unpaired) electrons. The normalized spacial score (nSPS) is 10.8. The van der Waals surface area contributed by atoms with Crippen LogP contribution in [0.3, 0.4) is 0 Å². The fourth-order valence-corrected chi connectivity index (χ4v) is 3.94. The number of halogens is 1. The zero-order valence-corrected chi connectivity index (χ0v) is 19.2. The van der Waals surface area contributed by atoms with Crippen LogP contribution < -0.4 is 10.1 Å². The first-order chi connectivity index (χ1) is 15.0. The Morgan fingerprint density at radius 2 is 2.00 bits per heavy atom. The molecule has 31 heavy (non-hydrogen) atoms. The molecule has 158 valence electrons. The van der Waals surface area contributed by atoms with Gasteiger partial charge in [0.15, 0.2) is 10.9 Å².